The summed E-state index contributed by atoms with van der Waals surface area (Å²) in [5, 5.41) is 10.4. The summed E-state index contributed by atoms with van der Waals surface area (Å²) in [4.78, 5) is 19.6. The molecule has 2 aromatic carbocycles. The van der Waals surface area contributed by atoms with Gasteiger partial charge >= 0.3 is 5.97 Å². The Kier molecular flexibility index (Phi) is 3.37. The lowest BCUT2D eigenvalue weighted by Gasteiger charge is -2.07. The van der Waals surface area contributed by atoms with Crippen molar-refractivity contribution in [3.63, 3.8) is 0 Å². The van der Waals surface area contributed by atoms with Gasteiger partial charge in [0.15, 0.2) is 0 Å². The maximum atomic E-state index is 11.3. The van der Waals surface area contributed by atoms with Crippen molar-refractivity contribution in [1.29, 1.82) is 0 Å². The third kappa shape index (κ3) is 2.19. The van der Waals surface area contributed by atoms with Crippen LogP contribution in [0.3, 0.4) is 0 Å². The number of fused-ring (bicyclic) bond motifs is 3. The Bertz CT molecular complexity index is 1120. The van der Waals surface area contributed by atoms with Gasteiger partial charge in [-0.1, -0.05) is 35.9 Å². The molecule has 0 amide bonds. The van der Waals surface area contributed by atoms with Gasteiger partial charge in [-0.15, -0.1) is 11.3 Å². The predicted octanol–water partition coefficient (Wildman–Crippen LogP) is 4.45. The standard InChI is InChI=1S/C17H10ClN3O2S/c18-13-9(2-1-3-11(13)17(22)23)8-4-5-10-12(6-8)24-15-14(10)20-7-21-16(15)19/h1-7H,(H,22,23)(H2,19,20,21). The van der Waals surface area contributed by atoms with Gasteiger partial charge in [0.05, 0.1) is 20.8 Å². The third-order valence-corrected chi connectivity index (χ3v) is 5.39. The van der Waals surface area contributed by atoms with Crippen LogP contribution in [0.1, 0.15) is 10.4 Å². The summed E-state index contributed by atoms with van der Waals surface area (Å²) in [5.74, 6) is -0.596. The largest absolute Gasteiger partial charge is 0.478 e. The quantitative estimate of drug-likeness (QED) is 0.554. The molecule has 2 heterocycles. The molecule has 0 aliphatic heterocycles. The molecule has 0 saturated carbocycles. The lowest BCUT2D eigenvalue weighted by Crippen LogP contribution is -1.98. The highest BCUT2D eigenvalue weighted by Gasteiger charge is 2.15. The first-order chi connectivity index (χ1) is 11.6. The molecule has 0 radical (unpaired) electrons. The molecule has 0 aliphatic carbocycles. The fourth-order valence-corrected chi connectivity index (χ4v) is 4.09. The molecule has 0 saturated heterocycles. The highest BCUT2D eigenvalue weighted by Crippen LogP contribution is 2.38. The Labute approximate surface area is 145 Å². The number of aromatic nitrogens is 2. The summed E-state index contributed by atoms with van der Waals surface area (Å²) >= 11 is 7.78. The van der Waals surface area contributed by atoms with Gasteiger partial charge in [-0.2, -0.15) is 0 Å². The van der Waals surface area contributed by atoms with E-state index in [1.807, 2.05) is 18.2 Å². The minimum Gasteiger partial charge on any atom is -0.478 e. The maximum Gasteiger partial charge on any atom is 0.337 e. The van der Waals surface area contributed by atoms with Crippen LogP contribution in [0.5, 0.6) is 0 Å². The fraction of sp³-hybridized carbons (Fsp3) is 0. The van der Waals surface area contributed by atoms with Crippen LogP contribution >= 0.6 is 22.9 Å². The van der Waals surface area contributed by atoms with Crippen LogP contribution in [-0.2, 0) is 0 Å². The number of benzene rings is 2. The number of anilines is 1. The minimum atomic E-state index is -1.05. The van der Waals surface area contributed by atoms with Gasteiger partial charge in [-0.3, -0.25) is 0 Å². The van der Waals surface area contributed by atoms with Crippen molar-refractivity contribution in [2.45, 2.75) is 0 Å². The zero-order chi connectivity index (χ0) is 16.8. The van der Waals surface area contributed by atoms with E-state index in [1.54, 1.807) is 12.1 Å². The molecule has 0 bridgehead atoms. The number of rotatable bonds is 2. The van der Waals surface area contributed by atoms with Crippen LogP contribution in [0.4, 0.5) is 5.82 Å². The number of nitrogens with two attached hydrogens (primary N) is 1. The molecule has 0 spiro atoms. The monoisotopic (exact) mass is 355 g/mol. The topological polar surface area (TPSA) is 89.1 Å². The highest BCUT2D eigenvalue weighted by molar-refractivity contribution is 7.26. The van der Waals surface area contributed by atoms with E-state index < -0.39 is 5.97 Å². The Morgan fingerprint density at radius 2 is 2.04 bits per heavy atom. The summed E-state index contributed by atoms with van der Waals surface area (Å²) < 4.78 is 1.83. The smallest absolute Gasteiger partial charge is 0.337 e. The van der Waals surface area contributed by atoms with Crippen molar-refractivity contribution in [3.8, 4) is 11.1 Å². The van der Waals surface area contributed by atoms with Gasteiger partial charge in [0.1, 0.15) is 12.1 Å². The molecular weight excluding hydrogens is 346 g/mol. The van der Waals surface area contributed by atoms with Crippen LogP contribution in [0.25, 0.3) is 31.4 Å². The van der Waals surface area contributed by atoms with E-state index in [0.29, 0.717) is 11.4 Å². The van der Waals surface area contributed by atoms with Gasteiger partial charge < -0.3 is 10.8 Å². The van der Waals surface area contributed by atoms with Crippen molar-refractivity contribution in [1.82, 2.24) is 9.97 Å². The van der Waals surface area contributed by atoms with E-state index in [9.17, 15) is 9.90 Å². The van der Waals surface area contributed by atoms with Gasteiger partial charge in [-0.05, 0) is 17.7 Å². The molecule has 4 aromatic rings. The Morgan fingerprint density at radius 3 is 2.83 bits per heavy atom. The number of aromatic carboxylic acids is 1. The van der Waals surface area contributed by atoms with Crippen LogP contribution < -0.4 is 5.73 Å². The predicted molar refractivity (Wildman–Crippen MR) is 96.7 cm³/mol. The van der Waals surface area contributed by atoms with Gasteiger partial charge in [0.25, 0.3) is 0 Å². The number of halogens is 1. The highest BCUT2D eigenvalue weighted by atomic mass is 35.5. The molecule has 24 heavy (non-hydrogen) atoms. The van der Waals surface area contributed by atoms with Crippen LogP contribution in [0.15, 0.2) is 42.7 Å². The van der Waals surface area contributed by atoms with Crippen LogP contribution in [0.2, 0.25) is 5.02 Å². The molecular formula is C17H10ClN3O2S. The molecule has 4 rings (SSSR count). The first kappa shape index (κ1) is 14.9. The molecule has 5 nitrogen and oxygen atoms in total. The second kappa shape index (κ2) is 5.43. The summed E-state index contributed by atoms with van der Waals surface area (Å²) in [5.41, 5.74) is 8.34. The molecule has 0 unspecified atom stereocenters. The molecule has 7 heteroatoms. The number of carbonyl (C=O) groups is 1. The Morgan fingerprint density at radius 1 is 1.21 bits per heavy atom. The zero-order valence-corrected chi connectivity index (χ0v) is 13.7. The number of carboxylic acid groups (broad SMARTS) is 1. The SMILES string of the molecule is Nc1ncnc2c1sc1cc(-c3cccc(C(=O)O)c3Cl)ccc12. The summed E-state index contributed by atoms with van der Waals surface area (Å²) in [6, 6.07) is 10.8. The van der Waals surface area contributed by atoms with Gasteiger partial charge in [0.2, 0.25) is 0 Å². The van der Waals surface area contributed by atoms with Crippen molar-refractivity contribution in [2.24, 2.45) is 0 Å². The number of thiophene rings is 1. The van der Waals surface area contributed by atoms with E-state index in [4.69, 9.17) is 17.3 Å². The number of hydrogen-bond acceptors (Lipinski definition) is 5. The Hall–Kier alpha value is -2.70. The zero-order valence-electron chi connectivity index (χ0n) is 12.2. The van der Waals surface area contributed by atoms with Gasteiger partial charge in [0, 0.05) is 15.6 Å². The van der Waals surface area contributed by atoms with Crippen molar-refractivity contribution in [2.75, 3.05) is 5.73 Å². The summed E-state index contributed by atoms with van der Waals surface area (Å²) in [6.07, 6.45) is 1.45. The van der Waals surface area contributed by atoms with Crippen molar-refractivity contribution < 1.29 is 9.90 Å². The summed E-state index contributed by atoms with van der Waals surface area (Å²) in [6.45, 7) is 0. The number of carboxylic acids is 1. The second-order valence-electron chi connectivity index (χ2n) is 5.22. The van der Waals surface area contributed by atoms with E-state index in [0.717, 1.165) is 25.9 Å². The molecule has 3 N–H and O–H groups in total. The Balaban J connectivity index is 1.96. The average Bonchev–Trinajstić information content (AvgIpc) is 2.94. The molecule has 2 aromatic heterocycles. The normalized spacial score (nSPS) is 11.2. The lowest BCUT2D eigenvalue weighted by molar-refractivity contribution is 0.0697. The molecule has 0 fully saturated rings. The lowest BCUT2D eigenvalue weighted by atomic mass is 10.0. The fourth-order valence-electron chi connectivity index (χ4n) is 2.68. The van der Waals surface area contributed by atoms with Crippen LogP contribution in [0, 0.1) is 0 Å². The van der Waals surface area contributed by atoms with E-state index in [2.05, 4.69) is 9.97 Å². The molecule has 0 atom stereocenters. The third-order valence-electron chi connectivity index (χ3n) is 3.82. The molecule has 0 aliphatic rings. The molecule has 118 valence electrons. The first-order valence-corrected chi connectivity index (χ1v) is 8.20. The van der Waals surface area contributed by atoms with Gasteiger partial charge in [-0.25, -0.2) is 14.8 Å². The summed E-state index contributed by atoms with van der Waals surface area (Å²) in [7, 11) is 0. The number of nitrogens with zero attached hydrogens (tertiary/aromatic N) is 2. The van der Waals surface area contributed by atoms with Crippen molar-refractivity contribution >= 4 is 55.0 Å². The second-order valence-corrected chi connectivity index (χ2v) is 6.65. The minimum absolute atomic E-state index is 0.0840. The average molecular weight is 356 g/mol. The van der Waals surface area contributed by atoms with E-state index in [-0.39, 0.29) is 10.6 Å². The van der Waals surface area contributed by atoms with Crippen LogP contribution in [-0.4, -0.2) is 21.0 Å². The number of hydrogen-bond donors (Lipinski definition) is 2. The first-order valence-electron chi connectivity index (χ1n) is 7.01. The maximum absolute atomic E-state index is 11.3. The van der Waals surface area contributed by atoms with E-state index >= 15 is 0 Å². The van der Waals surface area contributed by atoms with Crippen molar-refractivity contribution in [3.05, 3.63) is 53.3 Å². The van der Waals surface area contributed by atoms with E-state index in [1.165, 1.54) is 23.7 Å². The number of nitrogen functional groups attached to an aromatic ring is 1.